The van der Waals surface area contributed by atoms with Crippen LogP contribution in [-0.4, -0.2) is 70.1 Å². The van der Waals surface area contributed by atoms with Crippen molar-refractivity contribution < 1.29 is 5.11 Å². The van der Waals surface area contributed by atoms with Crippen molar-refractivity contribution in [2.45, 2.75) is 74.5 Å². The largest absolute Gasteiger partial charge is 0.395 e. The summed E-state index contributed by atoms with van der Waals surface area (Å²) in [4.78, 5) is 7.56. The summed E-state index contributed by atoms with van der Waals surface area (Å²) in [6, 6.07) is 2.03. The van der Waals surface area contributed by atoms with Gasteiger partial charge < -0.3 is 20.6 Å². The highest BCUT2D eigenvalue weighted by Gasteiger charge is 2.42. The van der Waals surface area contributed by atoms with Gasteiger partial charge in [0, 0.05) is 53.5 Å². The summed E-state index contributed by atoms with van der Waals surface area (Å²) in [6.07, 6.45) is 4.64. The minimum Gasteiger partial charge on any atom is -0.395 e. The summed E-state index contributed by atoms with van der Waals surface area (Å²) in [5.74, 6) is 0. The Kier molecular flexibility index (Phi) is 6.79. The molecule has 0 aromatic carbocycles. The number of hydrogen-bond acceptors (Lipinski definition) is 5. The minimum atomic E-state index is 0.220. The Morgan fingerprint density at radius 1 is 1.24 bits per heavy atom. The normalized spacial score (nSPS) is 38.7. The van der Waals surface area contributed by atoms with Gasteiger partial charge in [0.05, 0.1) is 18.7 Å². The van der Waals surface area contributed by atoms with E-state index in [0.29, 0.717) is 34.6 Å². The number of nitrogens with zero attached hydrogens (tertiary/aromatic N) is 2. The van der Waals surface area contributed by atoms with Crippen molar-refractivity contribution >= 4 is 28.3 Å². The van der Waals surface area contributed by atoms with Gasteiger partial charge in [-0.25, -0.2) is 0 Å². The van der Waals surface area contributed by atoms with Crippen LogP contribution >= 0.6 is 22.6 Å². The molecule has 0 aromatic rings. The molecule has 2 fully saturated rings. The fourth-order valence-corrected chi connectivity index (χ4v) is 5.20. The first-order valence-corrected chi connectivity index (χ1v) is 10.9. The van der Waals surface area contributed by atoms with Gasteiger partial charge in [0.2, 0.25) is 0 Å². The Hall–Kier alpha value is -0.180. The molecule has 5 nitrogen and oxygen atoms in total. The lowest BCUT2D eigenvalue weighted by atomic mass is 9.90. The van der Waals surface area contributed by atoms with Crippen molar-refractivity contribution in [1.29, 1.82) is 0 Å². The van der Waals surface area contributed by atoms with Crippen molar-refractivity contribution in [2.75, 3.05) is 26.2 Å². The van der Waals surface area contributed by atoms with Crippen LogP contribution in [0.3, 0.4) is 0 Å². The average Bonchev–Trinajstić information content (AvgIpc) is 3.37. The molecule has 0 bridgehead atoms. The van der Waals surface area contributed by atoms with E-state index in [1.54, 1.807) is 0 Å². The fourth-order valence-electron chi connectivity index (χ4n) is 4.29. The van der Waals surface area contributed by atoms with E-state index in [4.69, 9.17) is 10.1 Å². The first kappa shape index (κ1) is 19.6. The summed E-state index contributed by atoms with van der Waals surface area (Å²) < 4.78 is 0.665. The molecular formula is C19H33IN4O. The third-order valence-electron chi connectivity index (χ3n) is 5.95. The molecule has 0 aromatic heterocycles. The summed E-state index contributed by atoms with van der Waals surface area (Å²) in [5, 5.41) is 16.4. The van der Waals surface area contributed by atoms with Gasteiger partial charge in [-0.2, -0.15) is 0 Å². The maximum atomic E-state index is 9.07. The number of allylic oxidation sites excluding steroid dienone is 2. The summed E-state index contributed by atoms with van der Waals surface area (Å²) in [6.45, 7) is 9.74. The SMILES string of the molecule is CC1=NC(CNC2CC[C@@H](I)C(NCCO)C2)C2CN2/C(C)=C(/C)C1. The molecule has 0 radical (unpaired) electrons. The van der Waals surface area contributed by atoms with Gasteiger partial charge in [-0.3, -0.25) is 4.99 Å². The molecule has 4 unspecified atom stereocenters. The number of aliphatic hydroxyl groups excluding tert-OH is 1. The number of alkyl halides is 1. The standard InChI is InChI=1S/C19H33IN4O/c1-12-8-13(2)23-18(19-11-24(19)14(12)3)10-22-15-4-5-16(20)17(9-15)21-6-7-25/h15-19,21-22,25H,4-11H2,1-3H3/b14-12-,23-13?/t15?,16-,17?,18?,19?,24?/m1/s1. The lowest BCUT2D eigenvalue weighted by Gasteiger charge is -2.35. The molecule has 3 aliphatic rings. The maximum absolute atomic E-state index is 9.07. The highest BCUT2D eigenvalue weighted by molar-refractivity contribution is 14.1. The van der Waals surface area contributed by atoms with E-state index in [9.17, 15) is 0 Å². The Bertz CT molecular complexity index is 536. The first-order chi connectivity index (χ1) is 12.0. The zero-order chi connectivity index (χ0) is 18.0. The number of aliphatic hydroxyl groups is 1. The third-order valence-corrected chi connectivity index (χ3v) is 7.44. The van der Waals surface area contributed by atoms with Crippen LogP contribution in [0.2, 0.25) is 0 Å². The van der Waals surface area contributed by atoms with Crippen molar-refractivity contribution in [3.05, 3.63) is 11.3 Å². The Morgan fingerprint density at radius 2 is 2.04 bits per heavy atom. The van der Waals surface area contributed by atoms with Crippen molar-refractivity contribution in [3.8, 4) is 0 Å². The molecule has 1 saturated carbocycles. The van der Waals surface area contributed by atoms with Crippen LogP contribution in [0, 0.1) is 0 Å². The lowest BCUT2D eigenvalue weighted by Crippen LogP contribution is -2.49. The Labute approximate surface area is 165 Å². The Morgan fingerprint density at radius 3 is 2.80 bits per heavy atom. The summed E-state index contributed by atoms with van der Waals surface area (Å²) in [5.41, 5.74) is 4.20. The van der Waals surface area contributed by atoms with E-state index in [0.717, 1.165) is 25.9 Å². The summed E-state index contributed by atoms with van der Waals surface area (Å²) >= 11 is 2.56. The van der Waals surface area contributed by atoms with E-state index in [1.807, 2.05) is 0 Å². The van der Waals surface area contributed by atoms with Gasteiger partial charge >= 0.3 is 0 Å². The highest BCUT2D eigenvalue weighted by Crippen LogP contribution is 2.33. The van der Waals surface area contributed by atoms with Gasteiger partial charge in [0.15, 0.2) is 0 Å². The van der Waals surface area contributed by atoms with Crippen LogP contribution in [0.4, 0.5) is 0 Å². The van der Waals surface area contributed by atoms with E-state index < -0.39 is 0 Å². The van der Waals surface area contributed by atoms with Crippen LogP contribution in [0.1, 0.15) is 46.5 Å². The monoisotopic (exact) mass is 460 g/mol. The smallest absolute Gasteiger partial charge is 0.0843 e. The quantitative estimate of drug-likeness (QED) is 0.323. The second-order valence-electron chi connectivity index (χ2n) is 7.91. The molecular weight excluding hydrogens is 427 g/mol. The van der Waals surface area contributed by atoms with Crippen molar-refractivity contribution in [2.24, 2.45) is 4.99 Å². The molecule has 3 rings (SSSR count). The van der Waals surface area contributed by atoms with Crippen molar-refractivity contribution in [1.82, 2.24) is 15.5 Å². The average molecular weight is 460 g/mol. The zero-order valence-electron chi connectivity index (χ0n) is 15.8. The molecule has 142 valence electrons. The minimum absolute atomic E-state index is 0.220. The molecule has 5 atom stereocenters. The molecule has 3 N–H and O–H groups in total. The molecule has 0 amide bonds. The first-order valence-electron chi connectivity index (χ1n) is 9.67. The number of fused-ring (bicyclic) bond motifs is 1. The van der Waals surface area contributed by atoms with Crippen LogP contribution in [0.5, 0.6) is 0 Å². The van der Waals surface area contributed by atoms with Gasteiger partial charge in [-0.1, -0.05) is 22.6 Å². The third kappa shape index (κ3) is 4.96. The van der Waals surface area contributed by atoms with Gasteiger partial charge in [-0.15, -0.1) is 0 Å². The molecule has 25 heavy (non-hydrogen) atoms. The maximum Gasteiger partial charge on any atom is 0.0843 e. The topological polar surface area (TPSA) is 59.7 Å². The lowest BCUT2D eigenvalue weighted by molar-refractivity contribution is 0.261. The van der Waals surface area contributed by atoms with Gasteiger partial charge in [0.1, 0.15) is 0 Å². The molecule has 1 saturated heterocycles. The van der Waals surface area contributed by atoms with Crippen LogP contribution in [-0.2, 0) is 0 Å². The molecule has 2 heterocycles. The van der Waals surface area contributed by atoms with Crippen molar-refractivity contribution in [3.63, 3.8) is 0 Å². The van der Waals surface area contributed by atoms with Crippen LogP contribution < -0.4 is 10.6 Å². The summed E-state index contributed by atoms with van der Waals surface area (Å²) in [7, 11) is 0. The second-order valence-corrected chi connectivity index (χ2v) is 9.51. The van der Waals surface area contributed by atoms with Gasteiger partial charge in [-0.05, 0) is 45.6 Å². The van der Waals surface area contributed by atoms with Crippen LogP contribution in [0.15, 0.2) is 16.3 Å². The van der Waals surface area contributed by atoms with E-state index in [-0.39, 0.29) is 6.61 Å². The molecule has 0 spiro atoms. The second kappa shape index (κ2) is 8.67. The zero-order valence-corrected chi connectivity index (χ0v) is 17.9. The predicted molar refractivity (Wildman–Crippen MR) is 113 cm³/mol. The molecule has 6 heteroatoms. The van der Waals surface area contributed by atoms with E-state index in [1.165, 1.54) is 29.8 Å². The Balaban J connectivity index is 1.54. The number of halogens is 1. The fraction of sp³-hybridized carbons (Fsp3) is 0.842. The highest BCUT2D eigenvalue weighted by atomic mass is 127. The predicted octanol–water partition coefficient (Wildman–Crippen LogP) is 2.09. The van der Waals surface area contributed by atoms with E-state index >= 15 is 0 Å². The van der Waals surface area contributed by atoms with Gasteiger partial charge in [0.25, 0.3) is 0 Å². The van der Waals surface area contributed by atoms with E-state index in [2.05, 4.69) is 58.9 Å². The molecule has 2 aliphatic heterocycles. The number of aliphatic imine (C=N–C) groups is 1. The van der Waals surface area contributed by atoms with Crippen LogP contribution in [0.25, 0.3) is 0 Å². The number of hydrogen-bond donors (Lipinski definition) is 3. The molecule has 1 aliphatic carbocycles. The number of nitrogens with one attached hydrogen (secondary N) is 2. The number of rotatable bonds is 6.